The zero-order valence-electron chi connectivity index (χ0n) is 13.8. The summed E-state index contributed by atoms with van der Waals surface area (Å²) in [4.78, 5) is 13.6. The third-order valence-electron chi connectivity index (χ3n) is 3.94. The maximum atomic E-state index is 13.5. The maximum absolute atomic E-state index is 13.5. The van der Waals surface area contributed by atoms with E-state index in [0.29, 0.717) is 32.0 Å². The van der Waals surface area contributed by atoms with E-state index >= 15 is 0 Å². The van der Waals surface area contributed by atoms with Crippen molar-refractivity contribution >= 4 is 23.1 Å². The topological polar surface area (TPSA) is 53.6 Å². The molecule has 1 aliphatic heterocycles. The summed E-state index contributed by atoms with van der Waals surface area (Å²) in [5.74, 6) is 0. The molecule has 0 atom stereocenters. The molecule has 0 unspecified atom stereocenters. The Morgan fingerprint density at radius 2 is 1.62 bits per heavy atom. The minimum absolute atomic E-state index is 0.0720. The van der Waals surface area contributed by atoms with Gasteiger partial charge in [-0.2, -0.15) is 13.2 Å². The van der Waals surface area contributed by atoms with Crippen molar-refractivity contribution in [2.45, 2.75) is 6.18 Å². The molecule has 0 aliphatic carbocycles. The van der Waals surface area contributed by atoms with Gasteiger partial charge in [0.15, 0.2) is 0 Å². The summed E-state index contributed by atoms with van der Waals surface area (Å²) in [6, 6.07) is 11.8. The molecule has 8 heteroatoms. The lowest BCUT2D eigenvalue weighted by Gasteiger charge is -2.31. The van der Waals surface area contributed by atoms with Crippen molar-refractivity contribution in [3.63, 3.8) is 0 Å². The quantitative estimate of drug-likeness (QED) is 0.858. The second-order valence-electron chi connectivity index (χ2n) is 5.77. The Labute approximate surface area is 148 Å². The van der Waals surface area contributed by atoms with Crippen molar-refractivity contribution in [3.8, 4) is 0 Å². The van der Waals surface area contributed by atoms with Crippen molar-refractivity contribution in [1.82, 2.24) is 0 Å². The number of carbonyl (C=O) groups excluding carboxylic acids is 1. The number of carbonyl (C=O) groups is 1. The molecule has 2 aromatic rings. The molecular weight excluding hydrogens is 347 g/mol. The Balaban J connectivity index is 1.79. The average Bonchev–Trinajstić information content (AvgIpc) is 2.62. The molecule has 0 spiro atoms. The Morgan fingerprint density at radius 3 is 2.27 bits per heavy atom. The van der Waals surface area contributed by atoms with Crippen LogP contribution in [-0.2, 0) is 10.9 Å². The van der Waals surface area contributed by atoms with Crippen molar-refractivity contribution in [2.24, 2.45) is 0 Å². The third kappa shape index (κ3) is 4.45. The van der Waals surface area contributed by atoms with Gasteiger partial charge in [0.25, 0.3) is 0 Å². The van der Waals surface area contributed by atoms with Crippen molar-refractivity contribution in [1.29, 1.82) is 0 Å². The fourth-order valence-electron chi connectivity index (χ4n) is 2.74. The van der Waals surface area contributed by atoms with E-state index in [1.807, 2.05) is 0 Å². The molecule has 1 fully saturated rings. The zero-order valence-corrected chi connectivity index (χ0v) is 13.8. The van der Waals surface area contributed by atoms with Gasteiger partial charge >= 0.3 is 12.2 Å². The summed E-state index contributed by atoms with van der Waals surface area (Å²) in [6.45, 7) is 1.56. The summed E-state index contributed by atoms with van der Waals surface area (Å²) < 4.78 is 45.6. The maximum Gasteiger partial charge on any atom is 0.418 e. The first-order valence-electron chi connectivity index (χ1n) is 8.10. The molecule has 2 N–H and O–H groups in total. The van der Waals surface area contributed by atoms with E-state index in [-0.39, 0.29) is 11.4 Å². The van der Waals surface area contributed by atoms with Gasteiger partial charge < -0.3 is 20.3 Å². The second-order valence-corrected chi connectivity index (χ2v) is 5.77. The Bertz CT molecular complexity index is 760. The number of nitrogens with one attached hydrogen (secondary N) is 2. The molecule has 1 saturated heterocycles. The Hall–Kier alpha value is -2.74. The van der Waals surface area contributed by atoms with Crippen LogP contribution in [0.15, 0.2) is 48.5 Å². The molecule has 0 bridgehead atoms. The van der Waals surface area contributed by atoms with Gasteiger partial charge in [-0.3, -0.25) is 0 Å². The first-order chi connectivity index (χ1) is 12.4. The summed E-state index contributed by atoms with van der Waals surface area (Å²) in [5.41, 5.74) is -0.0690. The van der Waals surface area contributed by atoms with Crippen LogP contribution >= 0.6 is 0 Å². The highest BCUT2D eigenvalue weighted by molar-refractivity contribution is 5.99. The number of hydrogen-bond acceptors (Lipinski definition) is 3. The van der Waals surface area contributed by atoms with Gasteiger partial charge in [-0.15, -0.1) is 0 Å². The fourth-order valence-corrected chi connectivity index (χ4v) is 2.74. The Morgan fingerprint density at radius 1 is 0.962 bits per heavy atom. The number of amides is 2. The van der Waals surface area contributed by atoms with E-state index in [1.54, 1.807) is 35.2 Å². The summed E-state index contributed by atoms with van der Waals surface area (Å²) in [5, 5.41) is 5.01. The number of hydrogen-bond donors (Lipinski definition) is 2. The molecule has 3 rings (SSSR count). The van der Waals surface area contributed by atoms with Crippen molar-refractivity contribution < 1.29 is 22.7 Å². The van der Waals surface area contributed by atoms with Gasteiger partial charge in [0.1, 0.15) is 0 Å². The molecule has 0 aromatic heterocycles. The summed E-state index contributed by atoms with van der Waals surface area (Å²) >= 11 is 0. The van der Waals surface area contributed by atoms with Crippen LogP contribution in [0.4, 0.5) is 35.0 Å². The van der Waals surface area contributed by atoms with Crippen LogP contribution in [0.2, 0.25) is 0 Å². The first kappa shape index (κ1) is 18.1. The predicted octanol–water partition coefficient (Wildman–Crippen LogP) is 4.19. The van der Waals surface area contributed by atoms with Gasteiger partial charge in [-0.25, -0.2) is 4.79 Å². The number of benzene rings is 2. The van der Waals surface area contributed by atoms with Crippen LogP contribution in [0, 0.1) is 0 Å². The van der Waals surface area contributed by atoms with E-state index in [2.05, 4.69) is 10.6 Å². The van der Waals surface area contributed by atoms with Gasteiger partial charge in [-0.05, 0) is 30.3 Å². The van der Waals surface area contributed by atoms with Crippen molar-refractivity contribution in [3.05, 3.63) is 54.1 Å². The standard InChI is InChI=1S/C18H18F3N3O2/c19-18(20,21)15-12-14(6-7-16(15)24-8-10-26-11-9-24)23-17(25)22-13-4-2-1-3-5-13/h1-7,12H,8-11H2,(H2,22,23,25). The smallest absolute Gasteiger partial charge is 0.378 e. The Kier molecular flexibility index (Phi) is 5.32. The highest BCUT2D eigenvalue weighted by Gasteiger charge is 2.35. The highest BCUT2D eigenvalue weighted by atomic mass is 19.4. The lowest BCUT2D eigenvalue weighted by Crippen LogP contribution is -2.37. The number of anilines is 3. The molecule has 5 nitrogen and oxygen atoms in total. The SMILES string of the molecule is O=C(Nc1ccccc1)Nc1ccc(N2CCOCC2)c(C(F)(F)F)c1. The van der Waals surface area contributed by atoms with Crippen LogP contribution in [-0.4, -0.2) is 32.3 Å². The lowest BCUT2D eigenvalue weighted by atomic mass is 10.1. The minimum atomic E-state index is -4.53. The number of morpholine rings is 1. The third-order valence-corrected chi connectivity index (χ3v) is 3.94. The van der Waals surface area contributed by atoms with Crippen molar-refractivity contribution in [2.75, 3.05) is 41.8 Å². The van der Waals surface area contributed by atoms with Gasteiger partial charge in [0.05, 0.1) is 18.8 Å². The molecule has 138 valence electrons. The number of rotatable bonds is 3. The molecule has 1 heterocycles. The number of para-hydroxylation sites is 1. The number of urea groups is 1. The normalized spacial score (nSPS) is 14.8. The molecular formula is C18H18F3N3O2. The van der Waals surface area contributed by atoms with E-state index < -0.39 is 17.8 Å². The van der Waals surface area contributed by atoms with Gasteiger partial charge in [0.2, 0.25) is 0 Å². The van der Waals surface area contributed by atoms with E-state index in [1.165, 1.54) is 12.1 Å². The molecule has 2 aromatic carbocycles. The minimum Gasteiger partial charge on any atom is -0.378 e. The molecule has 2 amide bonds. The van der Waals surface area contributed by atoms with Crippen LogP contribution in [0.25, 0.3) is 0 Å². The summed E-state index contributed by atoms with van der Waals surface area (Å²) in [7, 11) is 0. The predicted molar refractivity (Wildman–Crippen MR) is 93.6 cm³/mol. The highest BCUT2D eigenvalue weighted by Crippen LogP contribution is 2.38. The monoisotopic (exact) mass is 365 g/mol. The van der Waals surface area contributed by atoms with Crippen LogP contribution in [0.1, 0.15) is 5.56 Å². The van der Waals surface area contributed by atoms with Gasteiger partial charge in [-0.1, -0.05) is 18.2 Å². The number of halogens is 3. The molecule has 1 aliphatic rings. The molecule has 26 heavy (non-hydrogen) atoms. The number of nitrogens with zero attached hydrogens (tertiary/aromatic N) is 1. The van der Waals surface area contributed by atoms with E-state index in [0.717, 1.165) is 6.07 Å². The largest absolute Gasteiger partial charge is 0.418 e. The zero-order chi connectivity index (χ0) is 18.6. The number of alkyl halides is 3. The average molecular weight is 365 g/mol. The van der Waals surface area contributed by atoms with Crippen LogP contribution in [0.3, 0.4) is 0 Å². The first-order valence-corrected chi connectivity index (χ1v) is 8.10. The molecule has 0 radical (unpaired) electrons. The lowest BCUT2D eigenvalue weighted by molar-refractivity contribution is -0.137. The van der Waals surface area contributed by atoms with Gasteiger partial charge in [0, 0.05) is 30.2 Å². The number of ether oxygens (including phenoxy) is 1. The summed E-state index contributed by atoms with van der Waals surface area (Å²) in [6.07, 6.45) is -4.53. The van der Waals surface area contributed by atoms with E-state index in [9.17, 15) is 18.0 Å². The van der Waals surface area contributed by atoms with E-state index in [4.69, 9.17) is 4.74 Å². The fraction of sp³-hybridized carbons (Fsp3) is 0.278. The molecule has 0 saturated carbocycles. The second kappa shape index (κ2) is 7.65. The van der Waals surface area contributed by atoms with Crippen LogP contribution < -0.4 is 15.5 Å². The van der Waals surface area contributed by atoms with Crippen LogP contribution in [0.5, 0.6) is 0 Å².